The summed E-state index contributed by atoms with van der Waals surface area (Å²) in [7, 11) is 0. The SMILES string of the molecule is C[C@@H]1O[C@H](O[C@H]2CC[C@]3(C)[C@H]4CC=C5[C@@H]6CC(C)(C)CC[C@]6(C(=O)O)CC[C@@]5(C)[C@]4(C)CC[C@H]3C2(C)C)[C@H](O)[C@H](O)[C@H]1O. The van der Waals surface area contributed by atoms with Gasteiger partial charge in [0.2, 0.25) is 0 Å². The zero-order valence-electron chi connectivity index (χ0n) is 27.9. The molecule has 13 atom stereocenters. The van der Waals surface area contributed by atoms with Gasteiger partial charge in [0.15, 0.2) is 6.29 Å². The van der Waals surface area contributed by atoms with Gasteiger partial charge < -0.3 is 29.9 Å². The lowest BCUT2D eigenvalue weighted by molar-refractivity contribution is -0.324. The molecule has 1 aliphatic heterocycles. The van der Waals surface area contributed by atoms with Crippen LogP contribution in [0.5, 0.6) is 0 Å². The van der Waals surface area contributed by atoms with Gasteiger partial charge in [-0.25, -0.2) is 0 Å². The monoisotopic (exact) mass is 602 g/mol. The summed E-state index contributed by atoms with van der Waals surface area (Å²) in [6.45, 7) is 18.5. The van der Waals surface area contributed by atoms with Crippen molar-refractivity contribution >= 4 is 5.97 Å². The van der Waals surface area contributed by atoms with Crippen LogP contribution in [-0.4, -0.2) is 63.2 Å². The van der Waals surface area contributed by atoms with E-state index in [0.29, 0.717) is 11.8 Å². The molecule has 6 rings (SSSR count). The number of rotatable bonds is 3. The van der Waals surface area contributed by atoms with Crippen LogP contribution in [0.2, 0.25) is 0 Å². The topological polar surface area (TPSA) is 116 Å². The van der Waals surface area contributed by atoms with Crippen molar-refractivity contribution in [2.24, 2.45) is 50.2 Å². The Morgan fingerprint density at radius 2 is 1.53 bits per heavy atom. The lowest BCUT2D eigenvalue weighted by atomic mass is 9.33. The van der Waals surface area contributed by atoms with Crippen LogP contribution in [0.25, 0.3) is 0 Å². The Labute approximate surface area is 258 Å². The Morgan fingerprint density at radius 3 is 2.21 bits per heavy atom. The third kappa shape index (κ3) is 4.33. The van der Waals surface area contributed by atoms with Gasteiger partial charge in [-0.3, -0.25) is 4.79 Å². The van der Waals surface area contributed by atoms with Crippen LogP contribution in [0.4, 0.5) is 0 Å². The van der Waals surface area contributed by atoms with E-state index in [-0.39, 0.29) is 39.1 Å². The molecule has 1 saturated heterocycles. The first-order valence-electron chi connectivity index (χ1n) is 17.1. The van der Waals surface area contributed by atoms with E-state index in [4.69, 9.17) is 9.47 Å². The normalized spacial score (nSPS) is 53.8. The minimum Gasteiger partial charge on any atom is -0.481 e. The van der Waals surface area contributed by atoms with Crippen LogP contribution in [0.3, 0.4) is 0 Å². The average Bonchev–Trinajstić information content (AvgIpc) is 2.91. The van der Waals surface area contributed by atoms with Crippen molar-refractivity contribution in [3.8, 4) is 0 Å². The molecule has 43 heavy (non-hydrogen) atoms. The summed E-state index contributed by atoms with van der Waals surface area (Å²) >= 11 is 0. The van der Waals surface area contributed by atoms with Crippen LogP contribution in [-0.2, 0) is 14.3 Å². The number of carbonyl (C=O) groups is 1. The number of aliphatic hydroxyl groups is 3. The van der Waals surface area contributed by atoms with Crippen molar-refractivity contribution in [1.82, 2.24) is 0 Å². The molecule has 4 N–H and O–H groups in total. The van der Waals surface area contributed by atoms with Gasteiger partial charge in [0.1, 0.15) is 18.3 Å². The maximum Gasteiger partial charge on any atom is 0.310 e. The number of fused-ring (bicyclic) bond motifs is 7. The minimum absolute atomic E-state index is 0.00835. The fraction of sp³-hybridized carbons (Fsp3) is 0.917. The minimum atomic E-state index is -1.30. The molecule has 4 saturated carbocycles. The predicted octanol–water partition coefficient (Wildman–Crippen LogP) is 6.09. The number of aliphatic hydroxyl groups excluding tert-OH is 3. The standard InChI is InChI=1S/C36H58O7/c1-20-26(37)27(38)28(39)29(42-20)43-25-12-13-33(6)23(32(25,4)5)11-14-35(8)24(33)10-9-21-22-19-31(2,3)15-17-36(22,30(40)41)18-16-34(21,35)7/h9,20,22-29,37-39H,10-19H2,1-8H3,(H,40,41)/t20-,22-,23-,24+,25-,26-,27+,28+,29+,33-,34+,35+,36-/m0/s1. The smallest absolute Gasteiger partial charge is 0.310 e. The van der Waals surface area contributed by atoms with Crippen LogP contribution < -0.4 is 0 Å². The molecule has 5 fully saturated rings. The van der Waals surface area contributed by atoms with E-state index in [0.717, 1.165) is 64.2 Å². The van der Waals surface area contributed by atoms with Crippen molar-refractivity contribution in [3.05, 3.63) is 11.6 Å². The van der Waals surface area contributed by atoms with Gasteiger partial charge in [-0.15, -0.1) is 0 Å². The first-order valence-corrected chi connectivity index (χ1v) is 17.1. The highest BCUT2D eigenvalue weighted by atomic mass is 16.7. The maximum absolute atomic E-state index is 12.9. The summed E-state index contributed by atoms with van der Waals surface area (Å²) in [6, 6.07) is 0. The summed E-state index contributed by atoms with van der Waals surface area (Å²) in [4.78, 5) is 12.9. The Morgan fingerprint density at radius 1 is 0.860 bits per heavy atom. The summed E-state index contributed by atoms with van der Waals surface area (Å²) in [5.74, 6) is 0.451. The average molecular weight is 603 g/mol. The van der Waals surface area contributed by atoms with Gasteiger partial charge in [-0.1, -0.05) is 60.1 Å². The fourth-order valence-corrected chi connectivity index (χ4v) is 12.1. The maximum atomic E-state index is 12.9. The number of ether oxygens (including phenoxy) is 2. The highest BCUT2D eigenvalue weighted by Crippen LogP contribution is 2.76. The second-order valence-corrected chi connectivity index (χ2v) is 17.8. The van der Waals surface area contributed by atoms with Crippen molar-refractivity contribution in [3.63, 3.8) is 0 Å². The Bertz CT molecular complexity index is 1160. The molecule has 7 heteroatoms. The highest BCUT2D eigenvalue weighted by molar-refractivity contribution is 5.76. The third-order valence-corrected chi connectivity index (χ3v) is 15.1. The Hall–Kier alpha value is -0.990. The van der Waals surface area contributed by atoms with Crippen LogP contribution in [0.15, 0.2) is 11.6 Å². The largest absolute Gasteiger partial charge is 0.481 e. The van der Waals surface area contributed by atoms with Crippen LogP contribution >= 0.6 is 0 Å². The first-order chi connectivity index (χ1) is 19.8. The third-order valence-electron chi connectivity index (χ3n) is 15.1. The van der Waals surface area contributed by atoms with Gasteiger partial charge >= 0.3 is 5.97 Å². The van der Waals surface area contributed by atoms with Gasteiger partial charge in [0, 0.05) is 0 Å². The highest BCUT2D eigenvalue weighted by Gasteiger charge is 2.69. The molecule has 0 spiro atoms. The molecule has 0 aromatic rings. The van der Waals surface area contributed by atoms with Gasteiger partial charge in [0.25, 0.3) is 0 Å². The summed E-state index contributed by atoms with van der Waals surface area (Å²) < 4.78 is 12.4. The second kappa shape index (κ2) is 10.0. The van der Waals surface area contributed by atoms with Crippen molar-refractivity contribution in [2.75, 3.05) is 0 Å². The summed E-state index contributed by atoms with van der Waals surface area (Å²) in [5, 5.41) is 41.9. The van der Waals surface area contributed by atoms with Crippen molar-refractivity contribution < 1.29 is 34.7 Å². The Kier molecular flexibility index (Phi) is 7.44. The molecular weight excluding hydrogens is 544 g/mol. The van der Waals surface area contributed by atoms with Gasteiger partial charge in [-0.2, -0.15) is 0 Å². The van der Waals surface area contributed by atoms with E-state index < -0.39 is 42.1 Å². The zero-order valence-corrected chi connectivity index (χ0v) is 27.9. The van der Waals surface area contributed by atoms with Gasteiger partial charge in [0.05, 0.1) is 17.6 Å². The molecule has 0 aromatic carbocycles. The summed E-state index contributed by atoms with van der Waals surface area (Å²) in [6.07, 6.45) is 6.63. The van der Waals surface area contributed by atoms with Crippen LogP contribution in [0, 0.1) is 50.2 Å². The van der Waals surface area contributed by atoms with E-state index in [1.54, 1.807) is 6.92 Å². The van der Waals surface area contributed by atoms with Crippen molar-refractivity contribution in [1.29, 1.82) is 0 Å². The zero-order chi connectivity index (χ0) is 31.5. The molecule has 0 bridgehead atoms. The molecule has 5 aliphatic carbocycles. The Balaban J connectivity index is 1.30. The molecule has 1 heterocycles. The first kappa shape index (κ1) is 32.0. The second-order valence-electron chi connectivity index (χ2n) is 17.8. The quantitative estimate of drug-likeness (QED) is 0.228. The molecular formula is C36H58O7. The number of allylic oxidation sites excluding steroid dienone is 2. The number of hydrogen-bond acceptors (Lipinski definition) is 6. The molecule has 0 aromatic heterocycles. The van der Waals surface area contributed by atoms with E-state index in [1.807, 2.05) is 0 Å². The van der Waals surface area contributed by atoms with Crippen molar-refractivity contribution in [2.45, 2.75) is 156 Å². The molecule has 0 unspecified atom stereocenters. The van der Waals surface area contributed by atoms with Crippen LogP contribution in [0.1, 0.15) is 120 Å². The molecule has 6 aliphatic rings. The number of carboxylic acid groups (broad SMARTS) is 1. The molecule has 244 valence electrons. The molecule has 0 radical (unpaired) electrons. The molecule has 7 nitrogen and oxygen atoms in total. The molecule has 0 amide bonds. The van der Waals surface area contributed by atoms with E-state index in [2.05, 4.69) is 54.5 Å². The number of hydrogen-bond donors (Lipinski definition) is 4. The van der Waals surface area contributed by atoms with E-state index in [1.165, 1.54) is 5.57 Å². The summed E-state index contributed by atoms with van der Waals surface area (Å²) in [5.41, 5.74) is 1.02. The lowest BCUT2D eigenvalue weighted by Crippen LogP contribution is -2.66. The predicted molar refractivity (Wildman–Crippen MR) is 164 cm³/mol. The lowest BCUT2D eigenvalue weighted by Gasteiger charge is -2.71. The fourth-order valence-electron chi connectivity index (χ4n) is 12.1. The van der Waals surface area contributed by atoms with E-state index in [9.17, 15) is 25.2 Å². The number of carboxylic acids is 1. The number of aliphatic carboxylic acids is 1. The van der Waals surface area contributed by atoms with Gasteiger partial charge in [-0.05, 0) is 116 Å². The van der Waals surface area contributed by atoms with E-state index >= 15 is 0 Å².